The molecule has 21 heavy (non-hydrogen) atoms. The molecule has 116 valence electrons. The largest absolute Gasteiger partial charge is 0.508 e. The first kappa shape index (κ1) is 16.4. The number of hydrogen-bond donors (Lipinski definition) is 1. The Hall–Kier alpha value is -0.990. The van der Waals surface area contributed by atoms with Crippen molar-refractivity contribution in [3.63, 3.8) is 0 Å². The molecule has 1 N–H and O–H groups in total. The van der Waals surface area contributed by atoms with Crippen LogP contribution in [0.1, 0.15) is 30.4 Å². The van der Waals surface area contributed by atoms with Crippen LogP contribution in [-0.2, 0) is 0 Å². The van der Waals surface area contributed by atoms with Crippen molar-refractivity contribution in [3.05, 3.63) is 35.4 Å². The average molecular weight is 308 g/mol. The molecule has 1 fully saturated rings. The Morgan fingerprint density at radius 1 is 1.19 bits per heavy atom. The lowest BCUT2D eigenvalue weighted by atomic mass is 9.76. The smallest absolute Gasteiger partial charge is 0.116 e. The van der Waals surface area contributed by atoms with Crippen LogP contribution in [0, 0.1) is 24.7 Å². The van der Waals surface area contributed by atoms with Crippen molar-refractivity contribution in [2.45, 2.75) is 26.2 Å². The molecule has 1 aromatic carbocycles. The van der Waals surface area contributed by atoms with Gasteiger partial charge in [-0.25, -0.2) is 0 Å². The molecule has 3 atom stereocenters. The van der Waals surface area contributed by atoms with E-state index in [1.165, 1.54) is 30.4 Å². The molecular weight excluding hydrogens is 282 g/mol. The Morgan fingerprint density at radius 3 is 2.62 bits per heavy atom. The van der Waals surface area contributed by atoms with Crippen LogP contribution >= 0.6 is 12.4 Å². The normalized spacial score (nSPS) is 27.4. The van der Waals surface area contributed by atoms with Gasteiger partial charge in [-0.1, -0.05) is 12.1 Å². The first-order valence-corrected chi connectivity index (χ1v) is 7.70. The minimum Gasteiger partial charge on any atom is -0.508 e. The van der Waals surface area contributed by atoms with Crippen LogP contribution in [0.4, 0.5) is 0 Å². The maximum Gasteiger partial charge on any atom is 0.116 e. The number of aromatic hydroxyl groups is 1. The maximum absolute atomic E-state index is 9.90. The molecule has 3 unspecified atom stereocenters. The van der Waals surface area contributed by atoms with Crippen LogP contribution in [-0.4, -0.2) is 30.6 Å². The monoisotopic (exact) mass is 307 g/mol. The minimum absolute atomic E-state index is 0. The van der Waals surface area contributed by atoms with Crippen LogP contribution in [0.3, 0.4) is 0 Å². The molecule has 0 heterocycles. The number of allylic oxidation sites excluding steroid dienone is 1. The van der Waals surface area contributed by atoms with E-state index in [4.69, 9.17) is 0 Å². The standard InChI is InChI=1S/C18H25NO.ClH/c1-12-6-15(10-16(20)7-12)17-9-13-4-5-14(8-13)18(17)11-19(2)3;/h6-7,9-10,13-14,18,20H,4-5,8,11H2,1-3H3;1H. The Kier molecular flexibility index (Phi) is 5.00. The van der Waals surface area contributed by atoms with Gasteiger partial charge in [0.15, 0.2) is 0 Å². The van der Waals surface area contributed by atoms with E-state index in [1.807, 2.05) is 12.1 Å². The predicted molar refractivity (Wildman–Crippen MR) is 90.9 cm³/mol. The van der Waals surface area contributed by atoms with Gasteiger partial charge in [-0.2, -0.15) is 0 Å². The van der Waals surface area contributed by atoms with Gasteiger partial charge in [0.05, 0.1) is 0 Å². The molecule has 1 saturated carbocycles. The highest BCUT2D eigenvalue weighted by molar-refractivity contribution is 5.85. The summed E-state index contributed by atoms with van der Waals surface area (Å²) in [5.41, 5.74) is 3.84. The second-order valence-corrected chi connectivity index (χ2v) is 6.88. The summed E-state index contributed by atoms with van der Waals surface area (Å²) in [6.07, 6.45) is 6.56. The predicted octanol–water partition coefficient (Wildman–Crippen LogP) is 4.11. The zero-order valence-electron chi connectivity index (χ0n) is 13.2. The molecule has 3 rings (SSSR count). The van der Waals surface area contributed by atoms with Gasteiger partial charge in [0.1, 0.15) is 5.75 Å². The van der Waals surface area contributed by atoms with Crippen LogP contribution < -0.4 is 0 Å². The Bertz CT molecular complexity index is 518. The quantitative estimate of drug-likeness (QED) is 0.908. The molecule has 0 radical (unpaired) electrons. The lowest BCUT2D eigenvalue weighted by molar-refractivity contribution is 0.289. The van der Waals surface area contributed by atoms with E-state index in [0.29, 0.717) is 11.7 Å². The van der Waals surface area contributed by atoms with Gasteiger partial charge in [0.2, 0.25) is 0 Å². The molecule has 0 spiro atoms. The Morgan fingerprint density at radius 2 is 1.95 bits per heavy atom. The zero-order chi connectivity index (χ0) is 14.3. The summed E-state index contributed by atoms with van der Waals surface area (Å²) in [7, 11) is 4.32. The molecule has 1 aromatic rings. The number of benzene rings is 1. The highest BCUT2D eigenvalue weighted by atomic mass is 35.5. The zero-order valence-corrected chi connectivity index (χ0v) is 14.0. The molecular formula is C18H26ClNO. The van der Waals surface area contributed by atoms with Gasteiger partial charge in [-0.05, 0) is 86.9 Å². The number of rotatable bonds is 3. The van der Waals surface area contributed by atoms with Crippen molar-refractivity contribution in [1.82, 2.24) is 4.90 Å². The van der Waals surface area contributed by atoms with Gasteiger partial charge in [-0.15, -0.1) is 12.4 Å². The number of phenolic OH excluding ortho intramolecular Hbond substituents is 1. The summed E-state index contributed by atoms with van der Waals surface area (Å²) in [5, 5.41) is 9.90. The summed E-state index contributed by atoms with van der Waals surface area (Å²) in [4.78, 5) is 2.30. The highest BCUT2D eigenvalue weighted by Gasteiger charge is 2.37. The lowest BCUT2D eigenvalue weighted by Crippen LogP contribution is -2.29. The number of phenols is 1. The molecule has 2 bridgehead atoms. The number of halogens is 1. The van der Waals surface area contributed by atoms with Gasteiger partial charge in [0, 0.05) is 6.54 Å². The summed E-state index contributed by atoms with van der Waals surface area (Å²) in [6.45, 7) is 3.17. The maximum atomic E-state index is 9.90. The summed E-state index contributed by atoms with van der Waals surface area (Å²) in [6, 6.07) is 5.99. The molecule has 0 amide bonds. The van der Waals surface area contributed by atoms with E-state index >= 15 is 0 Å². The van der Waals surface area contributed by atoms with Crippen molar-refractivity contribution < 1.29 is 5.11 Å². The number of aryl methyl sites for hydroxylation is 1. The molecule has 3 heteroatoms. The second kappa shape index (κ2) is 6.41. The first-order chi connectivity index (χ1) is 9.52. The van der Waals surface area contributed by atoms with Crippen LogP contribution in [0.25, 0.3) is 5.57 Å². The van der Waals surface area contributed by atoms with Crippen LogP contribution in [0.15, 0.2) is 24.3 Å². The fraction of sp³-hybridized carbons (Fsp3) is 0.556. The fourth-order valence-electron chi connectivity index (χ4n) is 4.08. The summed E-state index contributed by atoms with van der Waals surface area (Å²) < 4.78 is 0. The summed E-state index contributed by atoms with van der Waals surface area (Å²) in [5.74, 6) is 2.59. The summed E-state index contributed by atoms with van der Waals surface area (Å²) >= 11 is 0. The van der Waals surface area contributed by atoms with Gasteiger partial charge in [-0.3, -0.25) is 0 Å². The lowest BCUT2D eigenvalue weighted by Gasteiger charge is -2.33. The van der Waals surface area contributed by atoms with Crippen molar-refractivity contribution in [3.8, 4) is 5.75 Å². The van der Waals surface area contributed by atoms with Crippen molar-refractivity contribution in [1.29, 1.82) is 0 Å². The van der Waals surface area contributed by atoms with Crippen LogP contribution in [0.2, 0.25) is 0 Å². The highest BCUT2D eigenvalue weighted by Crippen LogP contribution is 2.48. The van der Waals surface area contributed by atoms with Gasteiger partial charge in [0.25, 0.3) is 0 Å². The topological polar surface area (TPSA) is 23.5 Å². The average Bonchev–Trinajstić information content (AvgIpc) is 2.74. The van der Waals surface area contributed by atoms with Crippen LogP contribution in [0.5, 0.6) is 5.75 Å². The third kappa shape index (κ3) is 3.44. The third-order valence-corrected chi connectivity index (χ3v) is 4.85. The SMILES string of the molecule is Cc1cc(O)cc(C2=CC3CCC(C3)C2CN(C)C)c1.Cl. The Labute approximate surface area is 134 Å². The number of nitrogens with zero attached hydrogens (tertiary/aromatic N) is 1. The molecule has 2 nitrogen and oxygen atoms in total. The first-order valence-electron chi connectivity index (χ1n) is 7.70. The van der Waals surface area contributed by atoms with Gasteiger partial charge >= 0.3 is 0 Å². The third-order valence-electron chi connectivity index (χ3n) is 4.85. The van der Waals surface area contributed by atoms with E-state index in [0.717, 1.165) is 23.9 Å². The van der Waals surface area contributed by atoms with Crippen molar-refractivity contribution in [2.75, 3.05) is 20.6 Å². The van der Waals surface area contributed by atoms with Crippen molar-refractivity contribution >= 4 is 18.0 Å². The van der Waals surface area contributed by atoms with E-state index in [1.54, 1.807) is 0 Å². The number of hydrogen-bond acceptors (Lipinski definition) is 2. The fourth-order valence-corrected chi connectivity index (χ4v) is 4.08. The van der Waals surface area contributed by atoms with E-state index in [2.05, 4.69) is 38.1 Å². The van der Waals surface area contributed by atoms with Gasteiger partial charge < -0.3 is 10.0 Å². The molecule has 2 aliphatic rings. The second-order valence-electron chi connectivity index (χ2n) is 6.88. The molecule has 0 aromatic heterocycles. The van der Waals surface area contributed by atoms with Crippen molar-refractivity contribution in [2.24, 2.45) is 17.8 Å². The number of fused-ring (bicyclic) bond motifs is 2. The Balaban J connectivity index is 0.00000161. The molecule has 2 aliphatic carbocycles. The van der Waals surface area contributed by atoms with E-state index in [9.17, 15) is 5.11 Å². The molecule has 0 aliphatic heterocycles. The van der Waals surface area contributed by atoms with E-state index in [-0.39, 0.29) is 12.4 Å². The minimum atomic E-state index is 0. The van der Waals surface area contributed by atoms with E-state index < -0.39 is 0 Å². The molecule has 0 saturated heterocycles.